The fraction of sp³-hybridized carbons (Fsp3) is 0.294. The van der Waals surface area contributed by atoms with Gasteiger partial charge in [0, 0.05) is 18.4 Å². The third-order valence-corrected chi connectivity index (χ3v) is 5.70. The first kappa shape index (κ1) is 15.7. The molecule has 0 aliphatic carbocycles. The van der Waals surface area contributed by atoms with Gasteiger partial charge in [-0.15, -0.1) is 16.4 Å². The molecule has 0 amide bonds. The van der Waals surface area contributed by atoms with Crippen LogP contribution in [0.25, 0.3) is 11.5 Å². The minimum Gasteiger partial charge on any atom is -0.409 e. The highest BCUT2D eigenvalue weighted by molar-refractivity contribution is 7.71. The van der Waals surface area contributed by atoms with Gasteiger partial charge in [-0.3, -0.25) is 0 Å². The van der Waals surface area contributed by atoms with Crippen LogP contribution >= 0.6 is 23.6 Å². The van der Waals surface area contributed by atoms with Crippen molar-refractivity contribution in [1.82, 2.24) is 9.78 Å². The highest BCUT2D eigenvalue weighted by Crippen LogP contribution is 2.24. The molecule has 1 N–H and O–H groups in total. The summed E-state index contributed by atoms with van der Waals surface area (Å²) < 4.78 is 20.4. The highest BCUT2D eigenvalue weighted by atomic mass is 32.1. The standard InChI is InChI=1S/C17H16FN3OS2/c18-13-7-5-12(6-8-13)16-19-21(17(23)22-16)11-20-9-1-3-14(20)15-4-2-10-24-15/h2,4-8,10,14H,1,3,9,11H2/p+1/t14-/m1/s1. The number of quaternary nitrogens is 1. The quantitative estimate of drug-likeness (QED) is 0.722. The lowest BCUT2D eigenvalue weighted by atomic mass is 10.2. The lowest BCUT2D eigenvalue weighted by Crippen LogP contribution is -3.09. The fourth-order valence-corrected chi connectivity index (χ4v) is 4.35. The topological polar surface area (TPSA) is 35.4 Å². The molecule has 0 saturated carbocycles. The third-order valence-electron chi connectivity index (χ3n) is 4.42. The van der Waals surface area contributed by atoms with Crippen LogP contribution in [0.2, 0.25) is 0 Å². The maximum absolute atomic E-state index is 13.1. The number of hydrogen-bond acceptors (Lipinski definition) is 4. The smallest absolute Gasteiger partial charge is 0.292 e. The minimum absolute atomic E-state index is 0.280. The van der Waals surface area contributed by atoms with Crippen molar-refractivity contribution in [2.24, 2.45) is 0 Å². The van der Waals surface area contributed by atoms with Gasteiger partial charge in [0.15, 0.2) is 6.67 Å². The van der Waals surface area contributed by atoms with Crippen molar-refractivity contribution in [3.05, 3.63) is 57.3 Å². The first-order valence-electron chi connectivity index (χ1n) is 7.92. The van der Waals surface area contributed by atoms with Crippen LogP contribution in [0, 0.1) is 10.7 Å². The van der Waals surface area contributed by atoms with Crippen molar-refractivity contribution in [1.29, 1.82) is 0 Å². The summed E-state index contributed by atoms with van der Waals surface area (Å²) >= 11 is 7.13. The zero-order chi connectivity index (χ0) is 16.5. The van der Waals surface area contributed by atoms with Crippen LogP contribution in [-0.2, 0) is 6.67 Å². The van der Waals surface area contributed by atoms with Gasteiger partial charge in [-0.25, -0.2) is 4.39 Å². The fourth-order valence-electron chi connectivity index (χ4n) is 3.24. The Morgan fingerprint density at radius 1 is 1.33 bits per heavy atom. The number of nitrogens with zero attached hydrogens (tertiary/aromatic N) is 2. The summed E-state index contributed by atoms with van der Waals surface area (Å²) in [6.07, 6.45) is 2.39. The molecule has 24 heavy (non-hydrogen) atoms. The molecular weight excluding hydrogens is 345 g/mol. The van der Waals surface area contributed by atoms with E-state index >= 15 is 0 Å². The van der Waals surface area contributed by atoms with Gasteiger partial charge in [0.2, 0.25) is 5.89 Å². The maximum Gasteiger partial charge on any atom is 0.292 e. The molecule has 2 aromatic heterocycles. The Morgan fingerprint density at radius 3 is 2.92 bits per heavy atom. The maximum atomic E-state index is 13.1. The summed E-state index contributed by atoms with van der Waals surface area (Å²) in [6, 6.07) is 10.9. The largest absolute Gasteiger partial charge is 0.409 e. The highest BCUT2D eigenvalue weighted by Gasteiger charge is 2.31. The first-order chi connectivity index (χ1) is 11.7. The second-order valence-corrected chi connectivity index (χ2v) is 7.28. The third kappa shape index (κ3) is 3.07. The molecule has 0 radical (unpaired) electrons. The second-order valence-electron chi connectivity index (χ2n) is 5.96. The number of nitrogens with one attached hydrogen (secondary N) is 1. The summed E-state index contributed by atoms with van der Waals surface area (Å²) in [5, 5.41) is 6.62. The molecule has 1 fully saturated rings. The molecule has 1 aliphatic heterocycles. The predicted octanol–water partition coefficient (Wildman–Crippen LogP) is 3.45. The Labute approximate surface area is 148 Å². The molecule has 0 bridgehead atoms. The number of halogens is 1. The van der Waals surface area contributed by atoms with Gasteiger partial charge in [0.05, 0.1) is 11.4 Å². The van der Waals surface area contributed by atoms with E-state index in [1.807, 2.05) is 0 Å². The van der Waals surface area contributed by atoms with Crippen LogP contribution in [0.5, 0.6) is 0 Å². The summed E-state index contributed by atoms with van der Waals surface area (Å²) in [6.45, 7) is 1.79. The Bertz CT molecular complexity index is 870. The van der Waals surface area contributed by atoms with Gasteiger partial charge in [0.1, 0.15) is 11.9 Å². The van der Waals surface area contributed by atoms with E-state index in [-0.39, 0.29) is 5.82 Å². The Balaban J connectivity index is 1.57. The number of rotatable bonds is 4. The van der Waals surface area contributed by atoms with E-state index < -0.39 is 0 Å². The SMILES string of the molecule is Fc1ccc(-c2nn(C[NH+]3CCC[C@@H]3c3cccs3)c(=S)o2)cc1. The molecule has 2 atom stereocenters. The number of hydrogen-bond donors (Lipinski definition) is 1. The number of aromatic nitrogens is 2. The molecule has 4 rings (SSSR count). The molecule has 3 aromatic rings. The lowest BCUT2D eigenvalue weighted by molar-refractivity contribution is -0.941. The van der Waals surface area contributed by atoms with E-state index in [0.29, 0.717) is 23.4 Å². The summed E-state index contributed by atoms with van der Waals surface area (Å²) in [4.78, 5) is 3.22. The summed E-state index contributed by atoms with van der Waals surface area (Å²) in [5.74, 6) is 0.156. The number of benzene rings is 1. The Morgan fingerprint density at radius 2 is 2.17 bits per heavy atom. The van der Waals surface area contributed by atoms with Crippen molar-refractivity contribution in [2.75, 3.05) is 6.54 Å². The van der Waals surface area contributed by atoms with Crippen LogP contribution in [0.1, 0.15) is 23.8 Å². The Kier molecular flexibility index (Phi) is 4.30. The van der Waals surface area contributed by atoms with Crippen molar-refractivity contribution < 1.29 is 13.7 Å². The van der Waals surface area contributed by atoms with E-state index in [1.165, 1.54) is 34.8 Å². The molecule has 7 heteroatoms. The molecule has 1 saturated heterocycles. The van der Waals surface area contributed by atoms with Crippen molar-refractivity contribution in [3.63, 3.8) is 0 Å². The molecular formula is C17H17FN3OS2+. The lowest BCUT2D eigenvalue weighted by Gasteiger charge is -2.19. The zero-order valence-corrected chi connectivity index (χ0v) is 14.6. The van der Waals surface area contributed by atoms with Crippen LogP contribution in [0.15, 0.2) is 46.2 Å². The first-order valence-corrected chi connectivity index (χ1v) is 9.21. The van der Waals surface area contributed by atoms with Gasteiger partial charge < -0.3 is 9.32 Å². The van der Waals surface area contributed by atoms with Crippen molar-refractivity contribution in [2.45, 2.75) is 25.6 Å². The molecule has 1 unspecified atom stereocenters. The van der Waals surface area contributed by atoms with Crippen LogP contribution < -0.4 is 4.90 Å². The van der Waals surface area contributed by atoms with Gasteiger partial charge >= 0.3 is 0 Å². The normalized spacial score (nSPS) is 20.5. The number of thiophene rings is 1. The monoisotopic (exact) mass is 362 g/mol. The van der Waals surface area contributed by atoms with E-state index in [2.05, 4.69) is 22.6 Å². The van der Waals surface area contributed by atoms with Crippen molar-refractivity contribution in [3.8, 4) is 11.5 Å². The van der Waals surface area contributed by atoms with Crippen molar-refractivity contribution >= 4 is 23.6 Å². The predicted molar refractivity (Wildman–Crippen MR) is 92.8 cm³/mol. The average Bonchev–Trinajstić information content (AvgIpc) is 3.30. The number of likely N-dealkylation sites (tertiary alicyclic amines) is 1. The van der Waals surface area contributed by atoms with Gasteiger partial charge in [-0.2, -0.15) is 4.68 Å². The molecule has 4 nitrogen and oxygen atoms in total. The molecule has 124 valence electrons. The summed E-state index contributed by atoms with van der Waals surface area (Å²) in [5.41, 5.74) is 0.729. The molecule has 3 heterocycles. The van der Waals surface area contributed by atoms with E-state index in [0.717, 1.165) is 12.1 Å². The van der Waals surface area contributed by atoms with E-state index in [1.54, 1.807) is 28.2 Å². The Hall–Kier alpha value is -1.83. The van der Waals surface area contributed by atoms with Gasteiger partial charge in [-0.1, -0.05) is 6.07 Å². The molecule has 1 aliphatic rings. The average molecular weight is 362 g/mol. The van der Waals surface area contributed by atoms with E-state index in [9.17, 15) is 4.39 Å². The minimum atomic E-state index is -0.280. The second kappa shape index (κ2) is 6.58. The summed E-state index contributed by atoms with van der Waals surface area (Å²) in [7, 11) is 0. The van der Waals surface area contributed by atoms with Crippen LogP contribution in [0.4, 0.5) is 4.39 Å². The van der Waals surface area contributed by atoms with E-state index in [4.69, 9.17) is 16.6 Å². The van der Waals surface area contributed by atoms with Crippen LogP contribution in [-0.4, -0.2) is 16.3 Å². The molecule has 0 spiro atoms. The van der Waals surface area contributed by atoms with Gasteiger partial charge in [-0.05, 0) is 47.9 Å². The zero-order valence-electron chi connectivity index (χ0n) is 12.9. The van der Waals surface area contributed by atoms with Gasteiger partial charge in [0.25, 0.3) is 4.84 Å². The van der Waals surface area contributed by atoms with Crippen LogP contribution in [0.3, 0.4) is 0 Å². The molecule has 1 aromatic carbocycles.